The van der Waals surface area contributed by atoms with Crippen LogP contribution >= 0.6 is 0 Å². The van der Waals surface area contributed by atoms with Crippen molar-refractivity contribution >= 4 is 23.1 Å². The smallest absolute Gasteiger partial charge is 0.229 e. The van der Waals surface area contributed by atoms with Crippen molar-refractivity contribution in [3.63, 3.8) is 0 Å². The van der Waals surface area contributed by atoms with Crippen LogP contribution in [0.15, 0.2) is 36.5 Å². The molecule has 1 heterocycles. The van der Waals surface area contributed by atoms with Gasteiger partial charge < -0.3 is 10.5 Å². The molecular formula is C14H14FN3O2. The average molecular weight is 275 g/mol. The number of ether oxygens (including phenoxy) is 1. The van der Waals surface area contributed by atoms with Crippen molar-refractivity contribution < 1.29 is 13.9 Å². The van der Waals surface area contributed by atoms with Gasteiger partial charge in [0.25, 0.3) is 0 Å². The second-order valence-corrected chi connectivity index (χ2v) is 4.15. The van der Waals surface area contributed by atoms with Crippen LogP contribution < -0.4 is 15.4 Å². The molecule has 0 fully saturated rings. The van der Waals surface area contributed by atoms with Gasteiger partial charge >= 0.3 is 0 Å². The van der Waals surface area contributed by atoms with Gasteiger partial charge in [0.05, 0.1) is 12.8 Å². The van der Waals surface area contributed by atoms with Crippen LogP contribution in [0.1, 0.15) is 6.92 Å². The number of pyridine rings is 1. The fraction of sp³-hybridized carbons (Fsp3) is 0.143. The fourth-order valence-corrected chi connectivity index (χ4v) is 1.83. The highest BCUT2D eigenvalue weighted by atomic mass is 19.1. The second-order valence-electron chi connectivity index (χ2n) is 4.15. The van der Waals surface area contributed by atoms with Gasteiger partial charge in [-0.3, -0.25) is 9.69 Å². The van der Waals surface area contributed by atoms with Crippen molar-refractivity contribution in [2.45, 2.75) is 6.92 Å². The van der Waals surface area contributed by atoms with E-state index in [1.54, 1.807) is 18.2 Å². The molecule has 1 aromatic carbocycles. The number of carbonyl (C=O) groups excluding carboxylic acids is 1. The molecule has 1 aromatic heterocycles. The first kappa shape index (κ1) is 13.8. The third kappa shape index (κ3) is 2.85. The Morgan fingerprint density at radius 1 is 1.35 bits per heavy atom. The largest absolute Gasteiger partial charge is 0.497 e. The van der Waals surface area contributed by atoms with E-state index in [4.69, 9.17) is 10.5 Å². The molecular weight excluding hydrogens is 261 g/mol. The molecule has 0 spiro atoms. The SMILES string of the molecule is COc1cc(F)cc(N(C(C)=O)c2cc(N)ccn2)c1. The van der Waals surface area contributed by atoms with E-state index in [1.807, 2.05) is 0 Å². The molecule has 20 heavy (non-hydrogen) atoms. The number of halogens is 1. The molecule has 0 aliphatic carbocycles. The van der Waals surface area contributed by atoms with Crippen LogP contribution in [0, 0.1) is 5.82 Å². The summed E-state index contributed by atoms with van der Waals surface area (Å²) in [5.41, 5.74) is 6.47. The molecule has 2 rings (SSSR count). The van der Waals surface area contributed by atoms with E-state index in [9.17, 15) is 9.18 Å². The zero-order chi connectivity index (χ0) is 14.7. The summed E-state index contributed by atoms with van der Waals surface area (Å²) >= 11 is 0. The van der Waals surface area contributed by atoms with Crippen molar-refractivity contribution in [1.82, 2.24) is 4.98 Å². The van der Waals surface area contributed by atoms with E-state index >= 15 is 0 Å². The zero-order valence-corrected chi connectivity index (χ0v) is 11.1. The monoisotopic (exact) mass is 275 g/mol. The number of hydrogen-bond acceptors (Lipinski definition) is 4. The second kappa shape index (κ2) is 5.56. The summed E-state index contributed by atoms with van der Waals surface area (Å²) in [6.45, 7) is 1.36. The molecule has 0 aliphatic rings. The Bertz CT molecular complexity index is 646. The number of nitrogens with zero attached hydrogens (tertiary/aromatic N) is 2. The Balaban J connectivity index is 2.54. The van der Waals surface area contributed by atoms with Gasteiger partial charge in [-0.05, 0) is 12.1 Å². The summed E-state index contributed by atoms with van der Waals surface area (Å²) in [6, 6.07) is 7.16. The van der Waals surface area contributed by atoms with Crippen LogP contribution in [-0.4, -0.2) is 18.0 Å². The van der Waals surface area contributed by atoms with Gasteiger partial charge in [0.2, 0.25) is 5.91 Å². The van der Waals surface area contributed by atoms with Gasteiger partial charge in [-0.2, -0.15) is 0 Å². The van der Waals surface area contributed by atoms with Crippen molar-refractivity contribution in [1.29, 1.82) is 0 Å². The summed E-state index contributed by atoms with van der Waals surface area (Å²) in [7, 11) is 1.43. The lowest BCUT2D eigenvalue weighted by Crippen LogP contribution is -2.24. The van der Waals surface area contributed by atoms with Gasteiger partial charge in [-0.25, -0.2) is 9.37 Å². The lowest BCUT2D eigenvalue weighted by molar-refractivity contribution is -0.115. The van der Waals surface area contributed by atoms with Crippen LogP contribution in [0.4, 0.5) is 21.6 Å². The van der Waals surface area contributed by atoms with Crippen LogP contribution in [0.3, 0.4) is 0 Å². The summed E-state index contributed by atoms with van der Waals surface area (Å²) < 4.78 is 18.6. The van der Waals surface area contributed by atoms with Crippen LogP contribution in [0.25, 0.3) is 0 Å². The maximum Gasteiger partial charge on any atom is 0.229 e. The summed E-state index contributed by atoms with van der Waals surface area (Å²) in [4.78, 5) is 17.2. The number of carbonyl (C=O) groups is 1. The van der Waals surface area contributed by atoms with Crippen LogP contribution in [0.5, 0.6) is 5.75 Å². The molecule has 0 radical (unpaired) electrons. The predicted octanol–water partition coefficient (Wildman–Crippen LogP) is 2.50. The molecule has 1 amide bonds. The molecule has 0 saturated heterocycles. The van der Waals surface area contributed by atoms with E-state index < -0.39 is 5.82 Å². The first-order valence-corrected chi connectivity index (χ1v) is 5.88. The minimum Gasteiger partial charge on any atom is -0.497 e. The van der Waals surface area contributed by atoms with E-state index in [0.29, 0.717) is 22.9 Å². The molecule has 2 N–H and O–H groups in total. The third-order valence-electron chi connectivity index (χ3n) is 2.66. The molecule has 6 heteroatoms. The van der Waals surface area contributed by atoms with Crippen molar-refractivity contribution in [3.05, 3.63) is 42.3 Å². The number of hydrogen-bond donors (Lipinski definition) is 1. The van der Waals surface area contributed by atoms with E-state index in [0.717, 1.165) is 0 Å². The minimum atomic E-state index is -0.505. The van der Waals surface area contributed by atoms with Gasteiger partial charge in [0, 0.05) is 37.0 Å². The van der Waals surface area contributed by atoms with Crippen molar-refractivity contribution in [2.24, 2.45) is 0 Å². The number of aromatic nitrogens is 1. The maximum absolute atomic E-state index is 13.6. The Morgan fingerprint density at radius 2 is 2.10 bits per heavy atom. The highest BCUT2D eigenvalue weighted by Gasteiger charge is 2.17. The van der Waals surface area contributed by atoms with Gasteiger partial charge in [0.15, 0.2) is 0 Å². The minimum absolute atomic E-state index is 0.309. The van der Waals surface area contributed by atoms with Gasteiger partial charge in [-0.15, -0.1) is 0 Å². The number of nitrogens with two attached hydrogens (primary N) is 1. The van der Waals surface area contributed by atoms with Gasteiger partial charge in [0.1, 0.15) is 17.4 Å². The first-order chi connectivity index (χ1) is 9.51. The number of rotatable bonds is 3. The van der Waals surface area contributed by atoms with Crippen molar-refractivity contribution in [3.8, 4) is 5.75 Å². The molecule has 5 nitrogen and oxygen atoms in total. The molecule has 0 saturated carbocycles. The van der Waals surface area contributed by atoms with E-state index in [-0.39, 0.29) is 5.91 Å². The van der Waals surface area contributed by atoms with Crippen LogP contribution in [-0.2, 0) is 4.79 Å². The quantitative estimate of drug-likeness (QED) is 0.934. The number of methoxy groups -OCH3 is 1. The van der Waals surface area contributed by atoms with Crippen LogP contribution in [0.2, 0.25) is 0 Å². The topological polar surface area (TPSA) is 68.5 Å². The lowest BCUT2D eigenvalue weighted by atomic mass is 10.2. The van der Waals surface area contributed by atoms with Crippen molar-refractivity contribution in [2.75, 3.05) is 17.7 Å². The number of benzene rings is 1. The summed E-state index contributed by atoms with van der Waals surface area (Å²) in [5.74, 6) is -0.175. The molecule has 0 unspecified atom stereocenters. The van der Waals surface area contributed by atoms with E-state index in [1.165, 1.54) is 37.3 Å². The molecule has 2 aromatic rings. The summed E-state index contributed by atoms with van der Waals surface area (Å²) in [5, 5.41) is 0. The zero-order valence-electron chi connectivity index (χ0n) is 11.1. The lowest BCUT2D eigenvalue weighted by Gasteiger charge is -2.21. The first-order valence-electron chi connectivity index (χ1n) is 5.88. The van der Waals surface area contributed by atoms with Gasteiger partial charge in [-0.1, -0.05) is 0 Å². The average Bonchev–Trinajstić information content (AvgIpc) is 2.37. The molecule has 104 valence electrons. The standard InChI is InChI=1S/C14H14FN3O2/c1-9(19)18(14-7-11(16)3-4-17-14)12-5-10(15)6-13(8-12)20-2/h3-8H,1-2H3,(H2,16,17). The van der Waals surface area contributed by atoms with E-state index in [2.05, 4.69) is 4.98 Å². The number of nitrogen functional groups attached to an aromatic ring is 1. The summed E-state index contributed by atoms with van der Waals surface area (Å²) in [6.07, 6.45) is 1.48. The fourth-order valence-electron chi connectivity index (χ4n) is 1.83. The Morgan fingerprint density at radius 3 is 2.70 bits per heavy atom. The highest BCUT2D eigenvalue weighted by molar-refractivity contribution is 5.98. The Kier molecular flexibility index (Phi) is 3.84. The number of amides is 1. The normalized spacial score (nSPS) is 10.2. The molecule has 0 aliphatic heterocycles. The molecule has 0 atom stereocenters. The Hall–Kier alpha value is -2.63. The predicted molar refractivity (Wildman–Crippen MR) is 74.4 cm³/mol. The Labute approximate surface area is 115 Å². The maximum atomic E-state index is 13.6. The molecule has 0 bridgehead atoms. The third-order valence-corrected chi connectivity index (χ3v) is 2.66. The highest BCUT2D eigenvalue weighted by Crippen LogP contribution is 2.29. The number of anilines is 3.